The molecule has 1 heterocycles. The van der Waals surface area contributed by atoms with Gasteiger partial charge in [-0.15, -0.1) is 0 Å². The summed E-state index contributed by atoms with van der Waals surface area (Å²) in [6.45, 7) is 0. The molecular weight excluding hydrogens is 316 g/mol. The maximum absolute atomic E-state index is 12.0. The van der Waals surface area contributed by atoms with Crippen molar-refractivity contribution in [3.63, 3.8) is 0 Å². The molecule has 3 aromatic rings. The van der Waals surface area contributed by atoms with Crippen molar-refractivity contribution >= 4 is 11.0 Å². The largest absolute Gasteiger partial charge is 0.508 e. The molecule has 0 saturated carbocycles. The fourth-order valence-electron chi connectivity index (χ4n) is 2.02. The summed E-state index contributed by atoms with van der Waals surface area (Å²) < 4.78 is 5.53. The van der Waals surface area contributed by atoms with Crippen LogP contribution >= 0.6 is 0 Å². The maximum atomic E-state index is 12.0. The average molecular weight is 326 g/mol. The molecule has 0 aliphatic rings. The van der Waals surface area contributed by atoms with Crippen molar-refractivity contribution in [2.24, 2.45) is 0 Å². The fraction of sp³-hybridized carbons (Fsp3) is 0. The van der Waals surface area contributed by atoms with Gasteiger partial charge in [0.25, 0.3) is 0 Å². The van der Waals surface area contributed by atoms with Crippen molar-refractivity contribution in [2.45, 2.75) is 0 Å². The van der Waals surface area contributed by atoms with Gasteiger partial charge < -0.3 is 19.7 Å². The number of aromatic hydroxyl groups is 3. The topological polar surface area (TPSA) is 90.9 Å². The number of phenols is 3. The average Bonchev–Trinajstić information content (AvgIpc) is 2.38. The Kier molecular flexibility index (Phi) is 3.93. The summed E-state index contributed by atoms with van der Waals surface area (Å²) in [5.41, 5.74) is 0.287. The van der Waals surface area contributed by atoms with Crippen molar-refractivity contribution in [3.05, 3.63) is 52.7 Å². The molecule has 6 heteroatoms. The zero-order valence-electron chi connectivity index (χ0n) is 10.6. The van der Waals surface area contributed by atoms with E-state index in [1.807, 2.05) is 0 Å². The van der Waals surface area contributed by atoms with Crippen molar-refractivity contribution in [1.82, 2.24) is 0 Å². The van der Waals surface area contributed by atoms with Gasteiger partial charge in [0.1, 0.15) is 34.0 Å². The number of hydrogen-bond acceptors (Lipinski definition) is 5. The summed E-state index contributed by atoms with van der Waals surface area (Å²) >= 11 is 0. The number of rotatable bonds is 1. The third-order valence-electron chi connectivity index (χ3n) is 2.95. The molecule has 1 aromatic heterocycles. The first-order valence-electron chi connectivity index (χ1n) is 5.84. The SMILES string of the molecule is O=c1cc(-c2ccc(O)cc2)oc2cc(O)cc(O)c12.[Fe]. The molecule has 2 aromatic carbocycles. The molecule has 0 saturated heterocycles. The molecule has 0 spiro atoms. The van der Waals surface area contributed by atoms with E-state index in [0.29, 0.717) is 5.56 Å². The zero-order valence-corrected chi connectivity index (χ0v) is 11.7. The van der Waals surface area contributed by atoms with Crippen LogP contribution in [0.4, 0.5) is 0 Å². The first kappa shape index (κ1) is 15.0. The van der Waals surface area contributed by atoms with Gasteiger partial charge in [-0.25, -0.2) is 0 Å². The van der Waals surface area contributed by atoms with Crippen LogP contribution in [0.2, 0.25) is 0 Å². The third kappa shape index (κ3) is 2.72. The Labute approximate surface area is 129 Å². The van der Waals surface area contributed by atoms with Crippen LogP contribution in [-0.4, -0.2) is 15.3 Å². The van der Waals surface area contributed by atoms with Gasteiger partial charge in [-0.05, 0) is 24.3 Å². The number of benzene rings is 2. The van der Waals surface area contributed by atoms with E-state index in [1.165, 1.54) is 24.3 Å². The Bertz CT molecular complexity index is 852. The van der Waals surface area contributed by atoms with Crippen molar-refractivity contribution in [3.8, 4) is 28.6 Å². The van der Waals surface area contributed by atoms with Gasteiger partial charge >= 0.3 is 0 Å². The summed E-state index contributed by atoms with van der Waals surface area (Å²) in [7, 11) is 0. The molecule has 0 aliphatic carbocycles. The van der Waals surface area contributed by atoms with E-state index in [2.05, 4.69) is 0 Å². The molecule has 0 amide bonds. The summed E-state index contributed by atoms with van der Waals surface area (Å²) in [5.74, 6) is -0.133. The molecule has 0 unspecified atom stereocenters. The number of hydrogen-bond donors (Lipinski definition) is 3. The van der Waals surface area contributed by atoms with Crippen molar-refractivity contribution in [1.29, 1.82) is 0 Å². The van der Waals surface area contributed by atoms with Gasteiger partial charge in [0.15, 0.2) is 5.43 Å². The molecule has 5 nitrogen and oxygen atoms in total. The van der Waals surface area contributed by atoms with Gasteiger partial charge in [-0.1, -0.05) is 0 Å². The van der Waals surface area contributed by atoms with E-state index in [-0.39, 0.29) is 51.0 Å². The number of fused-ring (bicyclic) bond motifs is 1. The molecule has 108 valence electrons. The fourth-order valence-corrected chi connectivity index (χ4v) is 2.02. The minimum absolute atomic E-state index is 0. The van der Waals surface area contributed by atoms with Gasteiger partial charge in [0.2, 0.25) is 0 Å². The van der Waals surface area contributed by atoms with E-state index in [0.717, 1.165) is 6.07 Å². The second-order valence-electron chi connectivity index (χ2n) is 4.36. The predicted molar refractivity (Wildman–Crippen MR) is 72.9 cm³/mol. The van der Waals surface area contributed by atoms with Crippen LogP contribution in [0.1, 0.15) is 0 Å². The van der Waals surface area contributed by atoms with Gasteiger partial charge in [-0.3, -0.25) is 4.79 Å². The molecule has 0 bridgehead atoms. The Morgan fingerprint density at radius 1 is 0.857 bits per heavy atom. The van der Waals surface area contributed by atoms with Crippen LogP contribution in [0.15, 0.2) is 51.7 Å². The minimum Gasteiger partial charge on any atom is -0.508 e. The number of phenolic OH excluding ortho intramolecular Hbond substituents is 3. The second kappa shape index (κ2) is 5.52. The molecule has 0 fully saturated rings. The predicted octanol–water partition coefficient (Wildman–Crippen LogP) is 2.57. The quantitative estimate of drug-likeness (QED) is 0.598. The smallest absolute Gasteiger partial charge is 0.197 e. The first-order chi connectivity index (χ1) is 9.54. The van der Waals surface area contributed by atoms with Crippen LogP contribution in [-0.2, 0) is 17.1 Å². The summed E-state index contributed by atoms with van der Waals surface area (Å²) in [6, 6.07) is 9.74. The Hall–Kier alpha value is -2.43. The minimum atomic E-state index is -0.410. The van der Waals surface area contributed by atoms with Crippen molar-refractivity contribution < 1.29 is 36.8 Å². The molecule has 0 radical (unpaired) electrons. The molecule has 0 aliphatic heterocycles. The van der Waals surface area contributed by atoms with E-state index >= 15 is 0 Å². The zero-order chi connectivity index (χ0) is 14.3. The van der Waals surface area contributed by atoms with Crippen LogP contribution < -0.4 is 5.43 Å². The van der Waals surface area contributed by atoms with E-state index in [4.69, 9.17) is 4.42 Å². The molecule has 0 atom stereocenters. The molecule has 3 N–H and O–H groups in total. The monoisotopic (exact) mass is 326 g/mol. The molecule has 21 heavy (non-hydrogen) atoms. The van der Waals surface area contributed by atoms with E-state index in [1.54, 1.807) is 12.1 Å². The van der Waals surface area contributed by atoms with Crippen LogP contribution in [0.5, 0.6) is 17.2 Å². The molecular formula is C15H10FeO5. The normalized spacial score (nSPS) is 10.3. The van der Waals surface area contributed by atoms with Gasteiger partial charge in [0.05, 0.1) is 0 Å². The maximum Gasteiger partial charge on any atom is 0.197 e. The van der Waals surface area contributed by atoms with E-state index < -0.39 is 5.43 Å². The van der Waals surface area contributed by atoms with Gasteiger partial charge in [0, 0.05) is 40.8 Å². The van der Waals surface area contributed by atoms with Crippen LogP contribution in [0, 0.1) is 0 Å². The Morgan fingerprint density at radius 2 is 1.52 bits per heavy atom. The Morgan fingerprint density at radius 3 is 2.19 bits per heavy atom. The standard InChI is InChI=1S/C15H10O5.Fe/c16-9-3-1-8(2-4-9)13-7-12(19)15-11(18)5-10(17)6-14(15)20-13;/h1-7,16-18H;. The first-order valence-corrected chi connectivity index (χ1v) is 5.84. The third-order valence-corrected chi connectivity index (χ3v) is 2.95. The van der Waals surface area contributed by atoms with Crippen molar-refractivity contribution in [2.75, 3.05) is 0 Å². The van der Waals surface area contributed by atoms with Crippen LogP contribution in [0.3, 0.4) is 0 Å². The molecule has 3 rings (SSSR count). The van der Waals surface area contributed by atoms with E-state index in [9.17, 15) is 20.1 Å². The Balaban J connectivity index is 0.00000161. The summed E-state index contributed by atoms with van der Waals surface area (Å²) in [6.07, 6.45) is 0. The van der Waals surface area contributed by atoms with Crippen LogP contribution in [0.25, 0.3) is 22.3 Å². The van der Waals surface area contributed by atoms with Gasteiger partial charge in [-0.2, -0.15) is 0 Å². The summed E-state index contributed by atoms with van der Waals surface area (Å²) in [4.78, 5) is 12.0. The summed E-state index contributed by atoms with van der Waals surface area (Å²) in [5, 5.41) is 28.4. The second-order valence-corrected chi connectivity index (χ2v) is 4.36.